The van der Waals surface area contributed by atoms with Crippen LogP contribution in [0.15, 0.2) is 70.3 Å². The van der Waals surface area contributed by atoms with E-state index in [1.54, 1.807) is 34.1 Å². The molecular formula is C38H44N8O6. The number of para-hydroxylation sites is 2. The van der Waals surface area contributed by atoms with Gasteiger partial charge < -0.3 is 39.0 Å². The fourth-order valence-electron chi connectivity index (χ4n) is 6.34. The number of morpholine rings is 2. The van der Waals surface area contributed by atoms with E-state index in [1.807, 2.05) is 38.1 Å². The molecule has 2 N–H and O–H groups in total. The number of anilines is 4. The highest BCUT2D eigenvalue weighted by Gasteiger charge is 2.32. The first-order valence-electron chi connectivity index (χ1n) is 24.2. The van der Waals surface area contributed by atoms with Gasteiger partial charge in [-0.2, -0.15) is 0 Å². The van der Waals surface area contributed by atoms with E-state index >= 15 is 0 Å². The molecule has 4 aliphatic heterocycles. The highest BCUT2D eigenvalue weighted by Crippen LogP contribution is 2.33. The average molecular weight is 725 g/mol. The van der Waals surface area contributed by atoms with E-state index in [1.165, 1.54) is 0 Å². The van der Waals surface area contributed by atoms with Gasteiger partial charge in [-0.3, -0.25) is 19.2 Å². The van der Waals surface area contributed by atoms with Gasteiger partial charge in [-0.15, -0.1) is 0 Å². The van der Waals surface area contributed by atoms with Gasteiger partial charge >= 0.3 is 0 Å². The van der Waals surface area contributed by atoms with Crippen molar-refractivity contribution < 1.29 is 41.0 Å². The van der Waals surface area contributed by atoms with Gasteiger partial charge in [0, 0.05) is 61.6 Å². The van der Waals surface area contributed by atoms with Crippen LogP contribution in [-0.2, 0) is 44.7 Å². The number of benzene rings is 2. The predicted molar refractivity (Wildman–Crippen MR) is 197 cm³/mol. The number of hydrogen-bond acceptors (Lipinski definition) is 10. The summed E-state index contributed by atoms with van der Waals surface area (Å²) in [4.78, 5) is 67.1. The summed E-state index contributed by atoms with van der Waals surface area (Å²) in [5.74, 6) is -2.57. The molecule has 52 heavy (non-hydrogen) atoms. The Morgan fingerprint density at radius 2 is 1.08 bits per heavy atom. The normalized spacial score (nSPS) is 31.8. The number of fused-ring (bicyclic) bond motifs is 2. The Kier molecular flexibility index (Phi) is 6.15. The summed E-state index contributed by atoms with van der Waals surface area (Å²) in [5.41, 5.74) is 1.72. The lowest BCUT2D eigenvalue weighted by molar-refractivity contribution is -0.119. The average Bonchev–Trinajstić information content (AvgIpc) is 3.70. The Labute approximate surface area is 323 Å². The molecule has 0 spiro atoms. The van der Waals surface area contributed by atoms with E-state index in [2.05, 4.69) is 29.4 Å². The van der Waals surface area contributed by atoms with E-state index in [0.717, 1.165) is 34.6 Å². The standard InChI is InChI=1S/2C19H22N4O3/c2*1-13-10-14-4-2-3-5-15(14)23(13)19(25)11-16-20-17(12-18(24)21-16)22-6-8-26-9-7-22/h2*2-5,12-13H,6-11H2,1H3,(H,20,21,24)/i2*6D2,7D2,8D2,9D2. The number of H-pyrrole nitrogens is 2. The second-order valence-corrected chi connectivity index (χ2v) is 12.1. The number of carbonyl (C=O) groups excluding carboxylic acids is 2. The van der Waals surface area contributed by atoms with Gasteiger partial charge in [-0.1, -0.05) is 36.4 Å². The number of hydrogen-bond donors (Lipinski definition) is 2. The molecule has 2 amide bonds. The molecule has 6 heterocycles. The first-order chi connectivity index (χ1) is 31.2. The van der Waals surface area contributed by atoms with E-state index in [-0.39, 0.29) is 33.5 Å². The van der Waals surface area contributed by atoms with Gasteiger partial charge in [0.25, 0.3) is 11.1 Å². The van der Waals surface area contributed by atoms with Crippen molar-refractivity contribution in [2.24, 2.45) is 0 Å². The molecule has 2 aromatic heterocycles. The van der Waals surface area contributed by atoms with Crippen molar-refractivity contribution in [1.29, 1.82) is 0 Å². The maximum atomic E-state index is 13.1. The Morgan fingerprint density at radius 3 is 1.48 bits per heavy atom. The minimum absolute atomic E-state index is 0.112. The van der Waals surface area contributed by atoms with Crippen molar-refractivity contribution >= 4 is 34.8 Å². The molecule has 2 fully saturated rings. The van der Waals surface area contributed by atoms with Crippen LogP contribution in [0.5, 0.6) is 0 Å². The molecular weight excluding hydrogens is 664 g/mol. The van der Waals surface area contributed by atoms with Gasteiger partial charge in [-0.05, 0) is 49.9 Å². The molecule has 0 aliphatic carbocycles. The first kappa shape index (κ1) is 20.6. The van der Waals surface area contributed by atoms with Crippen LogP contribution in [0.1, 0.15) is 58.6 Å². The van der Waals surface area contributed by atoms with Crippen LogP contribution in [0, 0.1) is 0 Å². The highest BCUT2D eigenvalue weighted by atomic mass is 16.5. The van der Waals surface area contributed by atoms with Gasteiger partial charge in [0.1, 0.15) is 23.3 Å². The molecule has 0 saturated carbocycles. The van der Waals surface area contributed by atoms with Gasteiger partial charge in [-0.25, -0.2) is 9.97 Å². The van der Waals surface area contributed by atoms with Crippen LogP contribution < -0.4 is 30.7 Å². The molecule has 2 aromatic carbocycles. The van der Waals surface area contributed by atoms with E-state index in [4.69, 9.17) is 21.9 Å². The fourth-order valence-corrected chi connectivity index (χ4v) is 6.34. The van der Waals surface area contributed by atoms with Gasteiger partial charge in [0.15, 0.2) is 0 Å². The van der Waals surface area contributed by atoms with E-state index in [0.29, 0.717) is 12.8 Å². The summed E-state index contributed by atoms with van der Waals surface area (Å²) < 4.78 is 137. The van der Waals surface area contributed by atoms with Crippen molar-refractivity contribution in [1.82, 2.24) is 19.9 Å². The lowest BCUT2D eigenvalue weighted by atomic mass is 10.1. The number of nitrogens with one attached hydrogen (secondary N) is 2. The monoisotopic (exact) mass is 724 g/mol. The summed E-state index contributed by atoms with van der Waals surface area (Å²) in [5, 5.41) is 0. The number of ether oxygens (including phenoxy) is 2. The second kappa shape index (κ2) is 15.5. The molecule has 2 saturated heterocycles. The van der Waals surface area contributed by atoms with Gasteiger partial charge in [0.2, 0.25) is 11.8 Å². The summed E-state index contributed by atoms with van der Waals surface area (Å²) in [7, 11) is 0. The maximum Gasteiger partial charge on any atom is 0.252 e. The first-order valence-corrected chi connectivity index (χ1v) is 16.2. The van der Waals surface area contributed by atoms with Crippen LogP contribution in [-0.4, -0.2) is 96.1 Å². The highest BCUT2D eigenvalue weighted by molar-refractivity contribution is 5.97. The summed E-state index contributed by atoms with van der Waals surface area (Å²) in [6.07, 6.45) is 0.476. The van der Waals surface area contributed by atoms with Crippen molar-refractivity contribution in [3.8, 4) is 0 Å². The number of carbonyl (C=O) groups is 2. The lowest BCUT2D eigenvalue weighted by Gasteiger charge is -2.28. The largest absolute Gasteiger partial charge is 0.378 e. The quantitative estimate of drug-likeness (QED) is 0.303. The van der Waals surface area contributed by atoms with Crippen LogP contribution >= 0.6 is 0 Å². The number of amides is 2. The van der Waals surface area contributed by atoms with Crippen molar-refractivity contribution in [3.05, 3.63) is 104 Å². The Balaban J connectivity index is 0.000000201. The van der Waals surface area contributed by atoms with Crippen LogP contribution in [0.3, 0.4) is 0 Å². The molecule has 2 unspecified atom stereocenters. The van der Waals surface area contributed by atoms with Crippen LogP contribution in [0.2, 0.25) is 0 Å². The zero-order valence-electron chi connectivity index (χ0n) is 43.9. The molecule has 0 bridgehead atoms. The molecule has 4 aromatic rings. The molecule has 272 valence electrons. The van der Waals surface area contributed by atoms with Crippen LogP contribution in [0.4, 0.5) is 23.0 Å². The van der Waals surface area contributed by atoms with Crippen molar-refractivity contribution in [2.45, 2.75) is 51.6 Å². The third-order valence-corrected chi connectivity index (χ3v) is 8.44. The summed E-state index contributed by atoms with van der Waals surface area (Å²) in [6.45, 7) is -22.5. The third kappa shape index (κ3) is 7.77. The zero-order chi connectivity index (χ0) is 50.5. The minimum Gasteiger partial charge on any atom is -0.378 e. The van der Waals surface area contributed by atoms with E-state index < -0.39 is 99.6 Å². The topological polar surface area (TPSA) is 157 Å². The molecule has 0 radical (unpaired) electrons. The SMILES string of the molecule is [2H]C1([2H])OC([2H])([2H])C([2H])([2H])N(c2cc(=O)[nH]c(CC(=O)N3c4ccccc4CC3C)n2)C1([2H])[2H].[2H]C1([2H])OC([2H])([2H])C([2H])([2H])N(c2cc(=O)[nH]c(CC(=O)N3c4ccccc4CC3C)n2)C1([2H])[2H]. The molecule has 14 heteroatoms. The Hall–Kier alpha value is -5.34. The Bertz CT molecular complexity index is 2540. The molecule has 14 nitrogen and oxygen atoms in total. The van der Waals surface area contributed by atoms with Crippen molar-refractivity contribution in [3.63, 3.8) is 0 Å². The van der Waals surface area contributed by atoms with Crippen LogP contribution in [0.25, 0.3) is 0 Å². The van der Waals surface area contributed by atoms with E-state index in [9.17, 15) is 19.2 Å². The smallest absolute Gasteiger partial charge is 0.252 e. The fraction of sp³-hybridized carbons (Fsp3) is 0.421. The maximum absolute atomic E-state index is 13.1. The molecule has 8 rings (SSSR count). The zero-order valence-corrected chi connectivity index (χ0v) is 27.9. The molecule has 4 aliphatic rings. The number of aromatic amines is 2. The number of aromatic nitrogens is 4. The second-order valence-electron chi connectivity index (χ2n) is 12.1. The summed E-state index contributed by atoms with van der Waals surface area (Å²) in [6, 6.07) is 15.9. The Morgan fingerprint density at radius 1 is 0.692 bits per heavy atom. The van der Waals surface area contributed by atoms with Gasteiger partial charge in [0.05, 0.1) is 61.0 Å². The number of rotatable bonds is 6. The van der Waals surface area contributed by atoms with Crippen molar-refractivity contribution in [2.75, 3.05) is 71.8 Å². The summed E-state index contributed by atoms with van der Waals surface area (Å²) >= 11 is 0. The minimum atomic E-state index is -3.29. The number of nitrogens with zero attached hydrogens (tertiary/aromatic N) is 6. The predicted octanol–water partition coefficient (Wildman–Crippen LogP) is 2.25. The third-order valence-electron chi connectivity index (χ3n) is 8.44. The lowest BCUT2D eigenvalue weighted by Crippen LogP contribution is -2.39. The molecule has 2 atom stereocenters.